The second kappa shape index (κ2) is 10.3. The zero-order valence-corrected chi connectivity index (χ0v) is 16.3. The van der Waals surface area contributed by atoms with Crippen LogP contribution in [0.3, 0.4) is 0 Å². The number of hydrogen-bond donors (Lipinski definition) is 0. The summed E-state index contributed by atoms with van der Waals surface area (Å²) in [6, 6.07) is 9.11. The molecular formula is C23H35N. The molecule has 1 unspecified atom stereocenters. The first-order valence-corrected chi connectivity index (χ1v) is 9.58. The van der Waals surface area contributed by atoms with Crippen LogP contribution in [0, 0.1) is 5.92 Å². The number of nitrogens with zero attached hydrogens (tertiary/aromatic N) is 1. The lowest BCUT2D eigenvalue weighted by atomic mass is 9.94. The Kier molecular flexibility index (Phi) is 8.78. The van der Waals surface area contributed by atoms with Crippen molar-refractivity contribution in [3.63, 3.8) is 0 Å². The summed E-state index contributed by atoms with van der Waals surface area (Å²) >= 11 is 0. The zero-order chi connectivity index (χ0) is 18.1. The van der Waals surface area contributed by atoms with E-state index in [4.69, 9.17) is 0 Å². The van der Waals surface area contributed by atoms with Crippen LogP contribution < -0.4 is 0 Å². The maximum absolute atomic E-state index is 4.05. The smallest absolute Gasteiger partial charge is 0.0613 e. The van der Waals surface area contributed by atoms with Gasteiger partial charge in [0, 0.05) is 0 Å². The van der Waals surface area contributed by atoms with Gasteiger partial charge < -0.3 is 0 Å². The maximum Gasteiger partial charge on any atom is 0.0613 e. The minimum absolute atomic E-state index is 0.379. The van der Waals surface area contributed by atoms with E-state index >= 15 is 0 Å². The molecular weight excluding hydrogens is 290 g/mol. The minimum atomic E-state index is 0.379. The van der Waals surface area contributed by atoms with Gasteiger partial charge in [-0.05, 0) is 54.1 Å². The van der Waals surface area contributed by atoms with Crippen molar-refractivity contribution in [1.29, 1.82) is 0 Å². The largest absolute Gasteiger partial charge is 0.292 e. The van der Waals surface area contributed by atoms with Crippen LogP contribution in [0.5, 0.6) is 0 Å². The summed E-state index contributed by atoms with van der Waals surface area (Å²) in [6.07, 6.45) is 6.61. The number of hydrogen-bond acceptors (Lipinski definition) is 1. The van der Waals surface area contributed by atoms with Crippen molar-refractivity contribution in [2.45, 2.75) is 53.5 Å². The normalized spacial score (nSPS) is 20.3. The molecule has 1 heterocycles. The first-order chi connectivity index (χ1) is 11.8. The van der Waals surface area contributed by atoms with Crippen molar-refractivity contribution in [2.24, 2.45) is 5.92 Å². The molecule has 2 aliphatic rings. The molecule has 24 heavy (non-hydrogen) atoms. The highest BCUT2D eigenvalue weighted by molar-refractivity contribution is 5.85. The average molecular weight is 326 g/mol. The van der Waals surface area contributed by atoms with Crippen molar-refractivity contribution in [2.75, 3.05) is 13.1 Å². The van der Waals surface area contributed by atoms with Gasteiger partial charge in [-0.25, -0.2) is 0 Å². The van der Waals surface area contributed by atoms with E-state index in [1.165, 1.54) is 48.2 Å². The van der Waals surface area contributed by atoms with Gasteiger partial charge in [0.05, 0.1) is 6.04 Å². The summed E-state index contributed by atoms with van der Waals surface area (Å²) in [7, 11) is 0. The molecule has 1 nitrogen and oxygen atoms in total. The molecule has 0 radical (unpaired) electrons. The second-order valence-corrected chi connectivity index (χ2v) is 5.99. The number of allylic oxidation sites excluding steroid dienone is 2. The Morgan fingerprint density at radius 1 is 0.958 bits per heavy atom. The van der Waals surface area contributed by atoms with Gasteiger partial charge in [-0.15, -0.1) is 0 Å². The lowest BCUT2D eigenvalue weighted by Crippen LogP contribution is -2.36. The molecule has 1 aromatic carbocycles. The van der Waals surface area contributed by atoms with Crippen LogP contribution in [0.2, 0.25) is 0 Å². The van der Waals surface area contributed by atoms with Gasteiger partial charge in [0.25, 0.3) is 0 Å². The van der Waals surface area contributed by atoms with Gasteiger partial charge in [-0.2, -0.15) is 0 Å². The van der Waals surface area contributed by atoms with E-state index in [0.717, 1.165) is 5.92 Å². The Morgan fingerprint density at radius 3 is 2.08 bits per heavy atom. The molecule has 0 bridgehead atoms. The summed E-state index contributed by atoms with van der Waals surface area (Å²) in [4.78, 5) is 2.62. The molecule has 1 aromatic rings. The fourth-order valence-electron chi connectivity index (χ4n) is 3.58. The number of likely N-dealkylation sites (tertiary alicyclic amines) is 1. The van der Waals surface area contributed by atoms with E-state index in [1.54, 1.807) is 0 Å². The highest BCUT2D eigenvalue weighted by Gasteiger charge is 2.33. The lowest BCUT2D eigenvalue weighted by Gasteiger charge is -2.36. The van der Waals surface area contributed by atoms with Crippen molar-refractivity contribution in [1.82, 2.24) is 4.90 Å². The highest BCUT2D eigenvalue weighted by Crippen LogP contribution is 2.45. The third-order valence-corrected chi connectivity index (χ3v) is 4.76. The zero-order valence-electron chi connectivity index (χ0n) is 16.3. The number of rotatable bonds is 3. The van der Waals surface area contributed by atoms with Crippen LogP contribution in [0.25, 0.3) is 5.57 Å². The topological polar surface area (TPSA) is 3.24 Å². The summed E-state index contributed by atoms with van der Waals surface area (Å²) in [5.41, 5.74) is 5.35. The van der Waals surface area contributed by atoms with Gasteiger partial charge in [-0.3, -0.25) is 4.90 Å². The van der Waals surface area contributed by atoms with Crippen LogP contribution >= 0.6 is 0 Å². The maximum atomic E-state index is 4.05. The molecule has 0 saturated carbocycles. The fourth-order valence-corrected chi connectivity index (χ4v) is 3.58. The molecule has 1 aliphatic carbocycles. The van der Waals surface area contributed by atoms with Crippen LogP contribution in [0.1, 0.15) is 64.6 Å². The van der Waals surface area contributed by atoms with E-state index in [0.29, 0.717) is 6.04 Å². The van der Waals surface area contributed by atoms with Crippen LogP contribution in [0.4, 0.5) is 0 Å². The molecule has 0 spiro atoms. The molecule has 0 aromatic heterocycles. The predicted octanol–water partition coefficient (Wildman–Crippen LogP) is 6.65. The Morgan fingerprint density at radius 2 is 1.54 bits per heavy atom. The quantitative estimate of drug-likeness (QED) is 0.601. The van der Waals surface area contributed by atoms with E-state index in [-0.39, 0.29) is 0 Å². The van der Waals surface area contributed by atoms with Crippen molar-refractivity contribution in [3.8, 4) is 0 Å². The highest BCUT2D eigenvalue weighted by atomic mass is 15.2. The molecule has 1 heteroatoms. The molecule has 0 amide bonds. The molecule has 1 aliphatic heterocycles. The molecule has 3 rings (SSSR count). The van der Waals surface area contributed by atoms with Gasteiger partial charge in [0.15, 0.2) is 0 Å². The first kappa shape index (κ1) is 20.4. The summed E-state index contributed by atoms with van der Waals surface area (Å²) in [5.74, 6) is 0.859. The third-order valence-electron chi connectivity index (χ3n) is 4.76. The lowest BCUT2D eigenvalue weighted by molar-refractivity contribution is 0.159. The standard InChI is InChI=1S/C19H23N.2C2H6/c1-4-15-16(5-2)19(18-9-7-6-8-17(15)18)20-12-10-14(3)11-13-20;2*1-2/h4-9,14,19H,1-2,10-13H2,3H3;2*1-2H3. The SMILES string of the molecule is C=CC1=C(C=C)C(N2CCC(C)CC2)c2ccccc21.CC.CC. The van der Waals surface area contributed by atoms with Crippen LogP contribution in [-0.2, 0) is 0 Å². The van der Waals surface area contributed by atoms with Crippen molar-refractivity contribution in [3.05, 3.63) is 66.3 Å². The van der Waals surface area contributed by atoms with Crippen LogP contribution in [0.15, 0.2) is 55.1 Å². The number of fused-ring (bicyclic) bond motifs is 1. The van der Waals surface area contributed by atoms with Gasteiger partial charge >= 0.3 is 0 Å². The molecule has 0 N–H and O–H groups in total. The molecule has 1 atom stereocenters. The minimum Gasteiger partial charge on any atom is -0.292 e. The third kappa shape index (κ3) is 4.08. The summed E-state index contributed by atoms with van der Waals surface area (Å²) < 4.78 is 0. The predicted molar refractivity (Wildman–Crippen MR) is 109 cm³/mol. The average Bonchev–Trinajstić information content (AvgIpc) is 2.99. The van der Waals surface area contributed by atoms with Crippen molar-refractivity contribution >= 4 is 5.57 Å². The first-order valence-electron chi connectivity index (χ1n) is 9.58. The Bertz CT molecular complexity index is 559. The number of benzene rings is 1. The Hall–Kier alpha value is -1.60. The van der Waals surface area contributed by atoms with E-state index in [1.807, 2.05) is 39.8 Å². The van der Waals surface area contributed by atoms with Gasteiger partial charge in [-0.1, -0.05) is 84.2 Å². The summed E-state index contributed by atoms with van der Waals surface area (Å²) in [6.45, 7) is 20.8. The molecule has 1 fully saturated rings. The van der Waals surface area contributed by atoms with E-state index in [9.17, 15) is 0 Å². The fraction of sp³-hybridized carbons (Fsp3) is 0.478. The van der Waals surface area contributed by atoms with E-state index in [2.05, 4.69) is 49.2 Å². The number of piperidine rings is 1. The second-order valence-electron chi connectivity index (χ2n) is 5.99. The monoisotopic (exact) mass is 325 g/mol. The van der Waals surface area contributed by atoms with E-state index < -0.39 is 0 Å². The Labute approximate surface area is 149 Å². The van der Waals surface area contributed by atoms with Gasteiger partial charge in [0.1, 0.15) is 0 Å². The van der Waals surface area contributed by atoms with Gasteiger partial charge in [0.2, 0.25) is 0 Å². The molecule has 132 valence electrons. The molecule has 1 saturated heterocycles. The Balaban J connectivity index is 0.000000671. The van der Waals surface area contributed by atoms with Crippen LogP contribution in [-0.4, -0.2) is 18.0 Å². The summed E-state index contributed by atoms with van der Waals surface area (Å²) in [5, 5.41) is 0. The van der Waals surface area contributed by atoms with Crippen molar-refractivity contribution < 1.29 is 0 Å².